The van der Waals surface area contributed by atoms with Crippen molar-refractivity contribution in [2.45, 2.75) is 46.0 Å². The van der Waals surface area contributed by atoms with Gasteiger partial charge in [0.05, 0.1) is 23.6 Å². The first-order valence-electron chi connectivity index (χ1n) is 11.1. The molecule has 1 saturated heterocycles. The van der Waals surface area contributed by atoms with Gasteiger partial charge in [0.1, 0.15) is 5.75 Å². The Morgan fingerprint density at radius 3 is 2.62 bits per heavy atom. The molecule has 1 aliphatic carbocycles. The summed E-state index contributed by atoms with van der Waals surface area (Å²) in [5.74, 6) is 0.672. The molecule has 1 aliphatic heterocycles. The smallest absolute Gasteiger partial charge is 0.229 e. The molecule has 8 heteroatoms. The van der Waals surface area contributed by atoms with Gasteiger partial charge in [-0.15, -0.1) is 0 Å². The minimum Gasteiger partial charge on any atom is -0.493 e. The predicted octanol–water partition coefficient (Wildman–Crippen LogP) is 3.94. The van der Waals surface area contributed by atoms with Crippen LogP contribution in [0.15, 0.2) is 30.3 Å². The number of nitrogens with zero attached hydrogens (tertiary/aromatic N) is 2. The summed E-state index contributed by atoms with van der Waals surface area (Å²) in [6.07, 6.45) is 2.82. The maximum absolute atomic E-state index is 12.7. The average Bonchev–Trinajstić information content (AvgIpc) is 3.16. The molecule has 2 heterocycles. The Morgan fingerprint density at radius 2 is 1.91 bits per heavy atom. The number of hydrogen-bond acceptors (Lipinski definition) is 6. The number of anilines is 1. The molecule has 1 aromatic heterocycles. The van der Waals surface area contributed by atoms with Crippen LogP contribution >= 0.6 is 11.3 Å². The van der Waals surface area contributed by atoms with Crippen molar-refractivity contribution in [3.8, 4) is 5.75 Å². The second-order valence-corrected chi connectivity index (χ2v) is 10.3. The molecule has 2 aliphatic rings. The van der Waals surface area contributed by atoms with Crippen molar-refractivity contribution in [3.63, 3.8) is 0 Å². The van der Waals surface area contributed by atoms with E-state index >= 15 is 0 Å². The Morgan fingerprint density at radius 1 is 1.19 bits per heavy atom. The molecular formula is C24H29N3O4S. The first kappa shape index (κ1) is 22.5. The van der Waals surface area contributed by atoms with Gasteiger partial charge in [0.25, 0.3) is 0 Å². The highest BCUT2D eigenvalue weighted by Gasteiger charge is 2.34. The SMILES string of the molecule is CC1(C)CC(=O)c2sc(NC(=O)C3CCN(C(=O)CCOc4ccccc4)CC3)nc2C1. The maximum atomic E-state index is 12.7. The van der Waals surface area contributed by atoms with Crippen LogP contribution in [0.5, 0.6) is 5.75 Å². The van der Waals surface area contributed by atoms with Crippen LogP contribution in [0, 0.1) is 11.3 Å². The fraction of sp³-hybridized carbons (Fsp3) is 0.500. The molecule has 2 aromatic rings. The summed E-state index contributed by atoms with van der Waals surface area (Å²) in [7, 11) is 0. The highest BCUT2D eigenvalue weighted by atomic mass is 32.1. The quantitative estimate of drug-likeness (QED) is 0.713. The van der Waals surface area contributed by atoms with Crippen molar-refractivity contribution >= 4 is 34.1 Å². The molecule has 0 atom stereocenters. The van der Waals surface area contributed by atoms with E-state index in [9.17, 15) is 14.4 Å². The van der Waals surface area contributed by atoms with Gasteiger partial charge in [-0.3, -0.25) is 14.4 Å². The van der Waals surface area contributed by atoms with E-state index in [1.165, 1.54) is 11.3 Å². The Labute approximate surface area is 192 Å². The van der Waals surface area contributed by atoms with Gasteiger partial charge in [0.15, 0.2) is 10.9 Å². The topological polar surface area (TPSA) is 88.6 Å². The van der Waals surface area contributed by atoms with Crippen LogP contribution in [0.1, 0.15) is 54.9 Å². The molecule has 7 nitrogen and oxygen atoms in total. The highest BCUT2D eigenvalue weighted by molar-refractivity contribution is 7.17. The Kier molecular flexibility index (Phi) is 6.60. The molecular weight excluding hydrogens is 426 g/mol. The number of piperidine rings is 1. The number of aromatic nitrogens is 1. The lowest BCUT2D eigenvalue weighted by Gasteiger charge is -2.31. The number of amides is 2. The lowest BCUT2D eigenvalue weighted by atomic mass is 9.78. The van der Waals surface area contributed by atoms with Gasteiger partial charge in [-0.05, 0) is 36.8 Å². The van der Waals surface area contributed by atoms with E-state index in [0.717, 1.165) is 17.9 Å². The summed E-state index contributed by atoms with van der Waals surface area (Å²) in [5, 5.41) is 3.41. The van der Waals surface area contributed by atoms with Gasteiger partial charge in [-0.2, -0.15) is 0 Å². The van der Waals surface area contributed by atoms with Gasteiger partial charge in [0, 0.05) is 25.4 Å². The van der Waals surface area contributed by atoms with Crippen LogP contribution in [0.3, 0.4) is 0 Å². The first-order chi connectivity index (χ1) is 15.3. The van der Waals surface area contributed by atoms with Crippen LogP contribution in [-0.4, -0.2) is 47.2 Å². The fourth-order valence-corrected chi connectivity index (χ4v) is 5.23. The summed E-state index contributed by atoms with van der Waals surface area (Å²) in [5.41, 5.74) is 0.704. The zero-order chi connectivity index (χ0) is 22.7. The minimum atomic E-state index is -0.160. The number of rotatable bonds is 6. The number of ketones is 1. The molecule has 0 bridgehead atoms. The molecule has 2 amide bonds. The summed E-state index contributed by atoms with van der Waals surface area (Å²) in [6, 6.07) is 9.44. The van der Waals surface area contributed by atoms with Crippen LogP contribution in [0.4, 0.5) is 5.13 Å². The van der Waals surface area contributed by atoms with Gasteiger partial charge < -0.3 is 15.0 Å². The van der Waals surface area contributed by atoms with Crippen LogP contribution < -0.4 is 10.1 Å². The molecule has 0 unspecified atom stereocenters. The summed E-state index contributed by atoms with van der Waals surface area (Å²) < 4.78 is 5.61. The van der Waals surface area contributed by atoms with Gasteiger partial charge in [0.2, 0.25) is 11.8 Å². The molecule has 0 saturated carbocycles. The van der Waals surface area contributed by atoms with Gasteiger partial charge >= 0.3 is 0 Å². The van der Waals surface area contributed by atoms with E-state index in [0.29, 0.717) is 55.4 Å². The second kappa shape index (κ2) is 9.40. The third kappa shape index (κ3) is 5.35. The van der Waals surface area contributed by atoms with Crippen LogP contribution in [0.25, 0.3) is 0 Å². The van der Waals surface area contributed by atoms with Gasteiger partial charge in [-0.1, -0.05) is 43.4 Å². The number of Topliss-reactive ketones (excluding diaryl/α,β-unsaturated/α-hetero) is 1. The van der Waals surface area contributed by atoms with Crippen molar-refractivity contribution in [3.05, 3.63) is 40.9 Å². The van der Waals surface area contributed by atoms with Crippen molar-refractivity contribution in [1.82, 2.24) is 9.88 Å². The zero-order valence-corrected chi connectivity index (χ0v) is 19.4. The lowest BCUT2D eigenvalue weighted by Crippen LogP contribution is -2.41. The van der Waals surface area contributed by atoms with Gasteiger partial charge in [-0.25, -0.2) is 4.98 Å². The average molecular weight is 456 g/mol. The Balaban J connectivity index is 1.23. The maximum Gasteiger partial charge on any atom is 0.229 e. The number of ether oxygens (including phenoxy) is 1. The monoisotopic (exact) mass is 455 g/mol. The molecule has 32 heavy (non-hydrogen) atoms. The van der Waals surface area contributed by atoms with Crippen molar-refractivity contribution in [2.24, 2.45) is 11.3 Å². The number of carbonyl (C=O) groups excluding carboxylic acids is 3. The van der Waals surface area contributed by atoms with Crippen molar-refractivity contribution in [1.29, 1.82) is 0 Å². The highest BCUT2D eigenvalue weighted by Crippen LogP contribution is 2.38. The third-order valence-electron chi connectivity index (χ3n) is 6.01. The van der Waals surface area contributed by atoms with E-state index in [2.05, 4.69) is 24.1 Å². The number of para-hydroxylation sites is 1. The number of thiazole rings is 1. The van der Waals surface area contributed by atoms with Crippen molar-refractivity contribution < 1.29 is 19.1 Å². The van der Waals surface area contributed by atoms with E-state index < -0.39 is 0 Å². The van der Waals surface area contributed by atoms with Crippen molar-refractivity contribution in [2.75, 3.05) is 25.0 Å². The number of fused-ring (bicyclic) bond motifs is 1. The minimum absolute atomic E-state index is 0.0496. The normalized spacial score (nSPS) is 18.2. The standard InChI is InChI=1S/C24H29N3O4S/c1-24(2)14-18-21(19(28)15-24)32-23(25-18)26-22(30)16-8-11-27(12-9-16)20(29)10-13-31-17-6-4-3-5-7-17/h3-7,16H,8-15H2,1-2H3,(H,25,26,30). The first-order valence-corrected chi connectivity index (χ1v) is 11.9. The lowest BCUT2D eigenvalue weighted by molar-refractivity contribution is -0.135. The summed E-state index contributed by atoms with van der Waals surface area (Å²) in [6.45, 7) is 5.59. The predicted molar refractivity (Wildman–Crippen MR) is 123 cm³/mol. The third-order valence-corrected chi connectivity index (χ3v) is 7.07. The molecule has 0 radical (unpaired) electrons. The largest absolute Gasteiger partial charge is 0.493 e. The van der Waals surface area contributed by atoms with E-state index in [1.807, 2.05) is 30.3 Å². The number of hydrogen-bond donors (Lipinski definition) is 1. The molecule has 1 N–H and O–H groups in total. The summed E-state index contributed by atoms with van der Waals surface area (Å²) >= 11 is 1.28. The number of likely N-dealkylation sites (tertiary alicyclic amines) is 1. The number of benzene rings is 1. The van der Waals surface area contributed by atoms with E-state index in [4.69, 9.17) is 4.74 Å². The molecule has 0 spiro atoms. The van der Waals surface area contributed by atoms with Crippen LogP contribution in [0.2, 0.25) is 0 Å². The van der Waals surface area contributed by atoms with E-state index in [-0.39, 0.29) is 28.9 Å². The Bertz CT molecular complexity index is 994. The fourth-order valence-electron chi connectivity index (χ4n) is 4.30. The molecule has 170 valence electrons. The second-order valence-electron chi connectivity index (χ2n) is 9.29. The number of nitrogens with one attached hydrogen (secondary N) is 1. The number of carbonyl (C=O) groups is 3. The molecule has 4 rings (SSSR count). The zero-order valence-electron chi connectivity index (χ0n) is 18.6. The molecule has 1 fully saturated rings. The molecule has 1 aromatic carbocycles. The summed E-state index contributed by atoms with van der Waals surface area (Å²) in [4.78, 5) is 44.6. The Hall–Kier alpha value is -2.74. The van der Waals surface area contributed by atoms with Crippen LogP contribution in [-0.2, 0) is 16.0 Å². The van der Waals surface area contributed by atoms with E-state index in [1.54, 1.807) is 4.90 Å².